The van der Waals surface area contributed by atoms with Gasteiger partial charge in [-0.15, -0.1) is 0 Å². The molecule has 3 rings (SSSR count). The van der Waals surface area contributed by atoms with Crippen molar-refractivity contribution in [3.05, 3.63) is 23.9 Å². The molecule has 0 aliphatic carbocycles. The molecule has 0 bridgehead atoms. The first kappa shape index (κ1) is 13.4. The highest BCUT2D eigenvalue weighted by atomic mass is 16.2. The lowest BCUT2D eigenvalue weighted by Crippen LogP contribution is -2.52. The van der Waals surface area contributed by atoms with E-state index in [0.29, 0.717) is 11.6 Å². The van der Waals surface area contributed by atoms with E-state index >= 15 is 0 Å². The van der Waals surface area contributed by atoms with E-state index in [0.717, 1.165) is 32.0 Å². The zero-order valence-corrected chi connectivity index (χ0v) is 12.0. The number of piperazine rings is 1. The SMILES string of the molecule is CCNc1ccc(C(=O)N2CCN3CCCC3C2)cn1. The Bertz CT molecular complexity index is 473. The number of hydrogen-bond donors (Lipinski definition) is 1. The van der Waals surface area contributed by atoms with Crippen LogP contribution in [0.3, 0.4) is 0 Å². The minimum absolute atomic E-state index is 0.118. The maximum Gasteiger partial charge on any atom is 0.255 e. The number of nitrogens with one attached hydrogen (secondary N) is 1. The molecule has 2 saturated heterocycles. The maximum absolute atomic E-state index is 12.5. The fourth-order valence-corrected chi connectivity index (χ4v) is 3.16. The van der Waals surface area contributed by atoms with Gasteiger partial charge in [0.15, 0.2) is 0 Å². The van der Waals surface area contributed by atoms with Crippen molar-refractivity contribution in [3.8, 4) is 0 Å². The van der Waals surface area contributed by atoms with Gasteiger partial charge in [0.05, 0.1) is 5.56 Å². The number of hydrogen-bond acceptors (Lipinski definition) is 4. The monoisotopic (exact) mass is 274 g/mol. The van der Waals surface area contributed by atoms with Gasteiger partial charge in [0, 0.05) is 38.4 Å². The summed E-state index contributed by atoms with van der Waals surface area (Å²) in [6.07, 6.45) is 4.17. The average Bonchev–Trinajstić information content (AvgIpc) is 2.95. The summed E-state index contributed by atoms with van der Waals surface area (Å²) in [6.45, 7) is 6.79. The van der Waals surface area contributed by atoms with Gasteiger partial charge in [-0.2, -0.15) is 0 Å². The fraction of sp³-hybridized carbons (Fsp3) is 0.600. The molecule has 2 aliphatic heterocycles. The molecule has 5 nitrogen and oxygen atoms in total. The summed E-state index contributed by atoms with van der Waals surface area (Å²) in [4.78, 5) is 21.3. The van der Waals surface area contributed by atoms with Crippen LogP contribution in [0.4, 0.5) is 5.82 Å². The van der Waals surface area contributed by atoms with Crippen LogP contribution in [-0.4, -0.2) is 59.5 Å². The molecule has 5 heteroatoms. The van der Waals surface area contributed by atoms with Gasteiger partial charge in [0.25, 0.3) is 5.91 Å². The second-order valence-corrected chi connectivity index (χ2v) is 5.55. The Morgan fingerprint density at radius 2 is 2.30 bits per heavy atom. The van der Waals surface area contributed by atoms with Crippen LogP contribution >= 0.6 is 0 Å². The predicted molar refractivity (Wildman–Crippen MR) is 78.9 cm³/mol. The van der Waals surface area contributed by atoms with E-state index in [4.69, 9.17) is 0 Å². The molecule has 0 aromatic carbocycles. The summed E-state index contributed by atoms with van der Waals surface area (Å²) in [5, 5.41) is 3.14. The van der Waals surface area contributed by atoms with Crippen LogP contribution in [-0.2, 0) is 0 Å². The standard InChI is InChI=1S/C15H22N4O/c1-2-16-14-6-5-12(10-17-14)15(20)19-9-8-18-7-3-4-13(18)11-19/h5-6,10,13H,2-4,7-9,11H2,1H3,(H,16,17). The van der Waals surface area contributed by atoms with Crippen molar-refractivity contribution in [1.82, 2.24) is 14.8 Å². The van der Waals surface area contributed by atoms with Crippen molar-refractivity contribution < 1.29 is 4.79 Å². The fourth-order valence-electron chi connectivity index (χ4n) is 3.16. The lowest BCUT2D eigenvalue weighted by Gasteiger charge is -2.37. The molecule has 1 atom stereocenters. The van der Waals surface area contributed by atoms with E-state index in [-0.39, 0.29) is 5.91 Å². The number of anilines is 1. The van der Waals surface area contributed by atoms with Gasteiger partial charge in [-0.1, -0.05) is 0 Å². The van der Waals surface area contributed by atoms with Gasteiger partial charge < -0.3 is 10.2 Å². The number of rotatable bonds is 3. The van der Waals surface area contributed by atoms with Crippen LogP contribution in [0.25, 0.3) is 0 Å². The molecule has 0 radical (unpaired) electrons. The van der Waals surface area contributed by atoms with Crippen LogP contribution in [0.15, 0.2) is 18.3 Å². The van der Waals surface area contributed by atoms with E-state index < -0.39 is 0 Å². The summed E-state index contributed by atoms with van der Waals surface area (Å²) in [6, 6.07) is 4.32. The molecular weight excluding hydrogens is 252 g/mol. The minimum Gasteiger partial charge on any atom is -0.370 e. The first-order chi connectivity index (χ1) is 9.78. The third-order valence-corrected chi connectivity index (χ3v) is 4.24. The third-order valence-electron chi connectivity index (χ3n) is 4.24. The summed E-state index contributed by atoms with van der Waals surface area (Å²) in [5.74, 6) is 0.941. The second kappa shape index (κ2) is 5.79. The van der Waals surface area contributed by atoms with Gasteiger partial charge in [0.1, 0.15) is 5.82 Å². The van der Waals surface area contributed by atoms with E-state index in [9.17, 15) is 4.79 Å². The molecule has 2 fully saturated rings. The van der Waals surface area contributed by atoms with Crippen LogP contribution in [0.1, 0.15) is 30.1 Å². The zero-order chi connectivity index (χ0) is 13.9. The highest BCUT2D eigenvalue weighted by molar-refractivity contribution is 5.94. The molecule has 1 N–H and O–H groups in total. The number of aromatic nitrogens is 1. The van der Waals surface area contributed by atoms with Gasteiger partial charge in [-0.3, -0.25) is 9.69 Å². The Kier molecular flexibility index (Phi) is 3.87. The third kappa shape index (κ3) is 2.63. The Morgan fingerprint density at radius 3 is 3.05 bits per heavy atom. The van der Waals surface area contributed by atoms with Crippen molar-refractivity contribution in [2.24, 2.45) is 0 Å². The van der Waals surface area contributed by atoms with Crippen molar-refractivity contribution in [2.45, 2.75) is 25.8 Å². The van der Waals surface area contributed by atoms with Gasteiger partial charge in [-0.25, -0.2) is 4.98 Å². The van der Waals surface area contributed by atoms with E-state index in [1.807, 2.05) is 24.0 Å². The van der Waals surface area contributed by atoms with Gasteiger partial charge in [-0.05, 0) is 38.4 Å². The van der Waals surface area contributed by atoms with E-state index in [2.05, 4.69) is 15.2 Å². The average molecular weight is 274 g/mol. The Hall–Kier alpha value is -1.62. The first-order valence-corrected chi connectivity index (χ1v) is 7.51. The second-order valence-electron chi connectivity index (χ2n) is 5.55. The topological polar surface area (TPSA) is 48.5 Å². The first-order valence-electron chi connectivity index (χ1n) is 7.51. The smallest absolute Gasteiger partial charge is 0.255 e. The lowest BCUT2D eigenvalue weighted by atomic mass is 10.1. The Morgan fingerprint density at radius 1 is 1.40 bits per heavy atom. The number of pyridine rings is 1. The highest BCUT2D eigenvalue weighted by Gasteiger charge is 2.32. The maximum atomic E-state index is 12.5. The molecule has 1 amide bonds. The molecule has 20 heavy (non-hydrogen) atoms. The van der Waals surface area contributed by atoms with Crippen molar-refractivity contribution >= 4 is 11.7 Å². The van der Waals surface area contributed by atoms with Crippen molar-refractivity contribution in [1.29, 1.82) is 0 Å². The van der Waals surface area contributed by atoms with Crippen LogP contribution in [0.5, 0.6) is 0 Å². The molecule has 0 spiro atoms. The van der Waals surface area contributed by atoms with Crippen LogP contribution < -0.4 is 5.32 Å². The summed E-state index contributed by atoms with van der Waals surface area (Å²) < 4.78 is 0. The Balaban J connectivity index is 1.66. The van der Waals surface area contributed by atoms with Crippen molar-refractivity contribution in [3.63, 3.8) is 0 Å². The van der Waals surface area contributed by atoms with E-state index in [1.165, 1.54) is 19.4 Å². The number of carbonyl (C=O) groups excluding carboxylic acids is 1. The van der Waals surface area contributed by atoms with Crippen LogP contribution in [0.2, 0.25) is 0 Å². The van der Waals surface area contributed by atoms with E-state index in [1.54, 1.807) is 6.20 Å². The molecule has 1 aromatic rings. The van der Waals surface area contributed by atoms with Crippen molar-refractivity contribution in [2.75, 3.05) is 38.0 Å². The molecule has 1 unspecified atom stereocenters. The summed E-state index contributed by atoms with van der Waals surface area (Å²) in [5.41, 5.74) is 0.693. The predicted octanol–water partition coefficient (Wildman–Crippen LogP) is 1.43. The largest absolute Gasteiger partial charge is 0.370 e. The highest BCUT2D eigenvalue weighted by Crippen LogP contribution is 2.22. The normalized spacial score (nSPS) is 22.6. The number of carbonyl (C=O) groups is 1. The lowest BCUT2D eigenvalue weighted by molar-refractivity contribution is 0.0571. The zero-order valence-electron chi connectivity index (χ0n) is 12.0. The number of amides is 1. The molecule has 3 heterocycles. The molecule has 0 saturated carbocycles. The number of fused-ring (bicyclic) bond motifs is 1. The molecule has 1 aromatic heterocycles. The Labute approximate surface area is 120 Å². The van der Waals surface area contributed by atoms with Crippen LogP contribution in [0, 0.1) is 0 Å². The summed E-state index contributed by atoms with van der Waals surface area (Å²) >= 11 is 0. The molecule has 2 aliphatic rings. The van der Waals surface area contributed by atoms with Gasteiger partial charge >= 0.3 is 0 Å². The van der Waals surface area contributed by atoms with Gasteiger partial charge in [0.2, 0.25) is 0 Å². The molecule has 108 valence electrons. The molecular formula is C15H22N4O. The quantitative estimate of drug-likeness (QED) is 0.906. The summed E-state index contributed by atoms with van der Waals surface area (Å²) in [7, 11) is 0. The minimum atomic E-state index is 0.118. The number of nitrogens with zero attached hydrogens (tertiary/aromatic N) is 3.